The SMILES string of the molecule is CCN1C(=O)C(c2ccc(Cl)cc2Cl)=C(N2CCCC(CO)C2)C1=O. The number of aliphatic hydroxyl groups is 1. The van der Waals surface area contributed by atoms with Gasteiger partial charge in [-0.1, -0.05) is 29.3 Å². The normalized spacial score (nSPS) is 21.5. The molecule has 2 aliphatic rings. The van der Waals surface area contributed by atoms with Crippen molar-refractivity contribution in [1.29, 1.82) is 0 Å². The summed E-state index contributed by atoms with van der Waals surface area (Å²) in [5.41, 5.74) is 1.22. The molecule has 2 heterocycles. The number of imide groups is 1. The van der Waals surface area contributed by atoms with Gasteiger partial charge in [0.25, 0.3) is 11.8 Å². The molecular weight excluding hydrogens is 363 g/mol. The number of hydrogen-bond acceptors (Lipinski definition) is 4. The highest BCUT2D eigenvalue weighted by atomic mass is 35.5. The Morgan fingerprint density at radius 2 is 2.00 bits per heavy atom. The minimum absolute atomic E-state index is 0.0699. The van der Waals surface area contributed by atoms with Crippen LogP contribution in [0.1, 0.15) is 25.3 Å². The van der Waals surface area contributed by atoms with Crippen LogP contribution in [0, 0.1) is 5.92 Å². The molecule has 0 spiro atoms. The third-order valence-corrected chi connectivity index (χ3v) is 5.30. The first-order valence-corrected chi connectivity index (χ1v) is 9.15. The van der Waals surface area contributed by atoms with Crippen LogP contribution >= 0.6 is 23.2 Å². The zero-order valence-electron chi connectivity index (χ0n) is 14.0. The fourth-order valence-corrected chi connectivity index (χ4v) is 4.00. The molecule has 0 saturated carbocycles. The molecule has 0 aromatic heterocycles. The summed E-state index contributed by atoms with van der Waals surface area (Å²) in [7, 11) is 0. The van der Waals surface area contributed by atoms with Gasteiger partial charge in [0.05, 0.1) is 10.6 Å². The summed E-state index contributed by atoms with van der Waals surface area (Å²) < 4.78 is 0. The number of carbonyl (C=O) groups excluding carboxylic acids is 2. The zero-order chi connectivity index (χ0) is 18.1. The number of likely N-dealkylation sites (tertiary alicyclic amines) is 1. The minimum atomic E-state index is -0.335. The van der Waals surface area contributed by atoms with Crippen molar-refractivity contribution >= 4 is 40.6 Å². The Morgan fingerprint density at radius 1 is 1.24 bits per heavy atom. The Morgan fingerprint density at radius 3 is 2.64 bits per heavy atom. The molecule has 1 unspecified atom stereocenters. The number of likely N-dealkylation sites (N-methyl/N-ethyl adjacent to an activating group) is 1. The number of hydrogen-bond donors (Lipinski definition) is 1. The second kappa shape index (κ2) is 7.36. The fraction of sp³-hybridized carbons (Fsp3) is 0.444. The summed E-state index contributed by atoms with van der Waals surface area (Å²) in [6.07, 6.45) is 1.78. The van der Waals surface area contributed by atoms with E-state index in [-0.39, 0.29) is 24.3 Å². The molecule has 134 valence electrons. The van der Waals surface area contributed by atoms with Crippen LogP contribution < -0.4 is 0 Å². The number of benzene rings is 1. The van der Waals surface area contributed by atoms with E-state index in [9.17, 15) is 14.7 Å². The van der Waals surface area contributed by atoms with Crippen molar-refractivity contribution in [3.63, 3.8) is 0 Å². The Bertz CT molecular complexity index is 748. The summed E-state index contributed by atoms with van der Waals surface area (Å²) in [6, 6.07) is 4.91. The molecule has 3 rings (SSSR count). The molecule has 1 saturated heterocycles. The predicted octanol–water partition coefficient (Wildman–Crippen LogP) is 2.80. The van der Waals surface area contributed by atoms with Crippen LogP contribution in [0.5, 0.6) is 0 Å². The maximum atomic E-state index is 12.9. The van der Waals surface area contributed by atoms with Crippen molar-refractivity contribution in [3.8, 4) is 0 Å². The van der Waals surface area contributed by atoms with Crippen LogP contribution in [-0.4, -0.2) is 53.0 Å². The number of piperidine rings is 1. The Labute approximate surface area is 156 Å². The van der Waals surface area contributed by atoms with Gasteiger partial charge in [-0.15, -0.1) is 0 Å². The predicted molar refractivity (Wildman–Crippen MR) is 97.2 cm³/mol. The maximum absolute atomic E-state index is 12.9. The van der Waals surface area contributed by atoms with Crippen molar-refractivity contribution in [3.05, 3.63) is 39.5 Å². The maximum Gasteiger partial charge on any atom is 0.277 e. The van der Waals surface area contributed by atoms with Crippen molar-refractivity contribution < 1.29 is 14.7 Å². The van der Waals surface area contributed by atoms with Crippen molar-refractivity contribution in [2.45, 2.75) is 19.8 Å². The highest BCUT2D eigenvalue weighted by molar-refractivity contribution is 6.41. The molecule has 0 aliphatic carbocycles. The zero-order valence-corrected chi connectivity index (χ0v) is 15.5. The topological polar surface area (TPSA) is 60.9 Å². The average Bonchev–Trinajstić information content (AvgIpc) is 2.85. The van der Waals surface area contributed by atoms with Gasteiger partial charge in [0.15, 0.2) is 0 Å². The first-order valence-electron chi connectivity index (χ1n) is 8.39. The van der Waals surface area contributed by atoms with Crippen molar-refractivity contribution in [2.75, 3.05) is 26.2 Å². The van der Waals surface area contributed by atoms with Gasteiger partial charge in [-0.2, -0.15) is 0 Å². The van der Waals surface area contributed by atoms with Gasteiger partial charge >= 0.3 is 0 Å². The van der Waals surface area contributed by atoms with Gasteiger partial charge in [-0.3, -0.25) is 14.5 Å². The van der Waals surface area contributed by atoms with Crippen LogP contribution in [0.25, 0.3) is 5.57 Å². The summed E-state index contributed by atoms with van der Waals surface area (Å²) in [4.78, 5) is 28.9. The van der Waals surface area contributed by atoms with E-state index in [1.165, 1.54) is 4.90 Å². The Hall–Kier alpha value is -1.56. The summed E-state index contributed by atoms with van der Waals surface area (Å²) in [6.45, 7) is 3.37. The summed E-state index contributed by atoms with van der Waals surface area (Å²) in [5, 5.41) is 10.3. The third kappa shape index (κ3) is 3.28. The second-order valence-electron chi connectivity index (χ2n) is 6.34. The molecule has 2 amide bonds. The van der Waals surface area contributed by atoms with Crippen LogP contribution in [0.15, 0.2) is 23.9 Å². The molecule has 1 fully saturated rings. The molecule has 25 heavy (non-hydrogen) atoms. The van der Waals surface area contributed by atoms with Gasteiger partial charge in [0.2, 0.25) is 0 Å². The third-order valence-electron chi connectivity index (χ3n) is 4.75. The van der Waals surface area contributed by atoms with Crippen molar-refractivity contribution in [1.82, 2.24) is 9.80 Å². The highest BCUT2D eigenvalue weighted by Gasteiger charge is 2.42. The molecule has 0 bridgehead atoms. The lowest BCUT2D eigenvalue weighted by Crippen LogP contribution is -2.40. The van der Waals surface area contributed by atoms with Crippen LogP contribution in [0.3, 0.4) is 0 Å². The van der Waals surface area contributed by atoms with Crippen LogP contribution in [0.2, 0.25) is 10.0 Å². The lowest BCUT2D eigenvalue weighted by Gasteiger charge is -2.34. The first-order chi connectivity index (χ1) is 12.0. The summed E-state index contributed by atoms with van der Waals surface area (Å²) >= 11 is 12.3. The highest BCUT2D eigenvalue weighted by Crippen LogP contribution is 2.37. The molecule has 1 aromatic rings. The molecule has 1 N–H and O–H groups in total. The lowest BCUT2D eigenvalue weighted by molar-refractivity contribution is -0.137. The van der Waals surface area contributed by atoms with Gasteiger partial charge in [0.1, 0.15) is 5.70 Å². The number of aliphatic hydroxyl groups excluding tert-OH is 1. The van der Waals surface area contributed by atoms with E-state index in [0.29, 0.717) is 46.5 Å². The Kier molecular flexibility index (Phi) is 5.37. The number of amides is 2. The minimum Gasteiger partial charge on any atom is -0.396 e. The quantitative estimate of drug-likeness (QED) is 0.813. The fourth-order valence-electron chi connectivity index (χ4n) is 3.50. The van der Waals surface area contributed by atoms with Gasteiger partial charge in [-0.25, -0.2) is 0 Å². The van der Waals surface area contributed by atoms with E-state index < -0.39 is 0 Å². The van der Waals surface area contributed by atoms with E-state index in [1.807, 2.05) is 4.90 Å². The number of nitrogens with zero attached hydrogens (tertiary/aromatic N) is 2. The largest absolute Gasteiger partial charge is 0.396 e. The van der Waals surface area contributed by atoms with Gasteiger partial charge < -0.3 is 10.0 Å². The van der Waals surface area contributed by atoms with Crippen molar-refractivity contribution in [2.24, 2.45) is 5.92 Å². The van der Waals surface area contributed by atoms with E-state index in [4.69, 9.17) is 23.2 Å². The summed E-state index contributed by atoms with van der Waals surface area (Å²) in [5.74, 6) is -0.535. The van der Waals surface area contributed by atoms with Crippen LogP contribution in [-0.2, 0) is 9.59 Å². The Balaban J connectivity index is 2.11. The van der Waals surface area contributed by atoms with Gasteiger partial charge in [-0.05, 0) is 37.8 Å². The molecular formula is C18H20Cl2N2O3. The molecule has 2 aliphatic heterocycles. The molecule has 1 atom stereocenters. The molecule has 5 nitrogen and oxygen atoms in total. The van der Waals surface area contributed by atoms with E-state index in [0.717, 1.165) is 12.8 Å². The smallest absolute Gasteiger partial charge is 0.277 e. The molecule has 1 aromatic carbocycles. The number of carbonyl (C=O) groups is 2. The van der Waals surface area contributed by atoms with Crippen LogP contribution in [0.4, 0.5) is 0 Å². The standard InChI is InChI=1S/C18H20Cl2N2O3/c1-2-22-17(24)15(13-6-5-12(19)8-14(13)20)16(18(22)25)21-7-3-4-11(9-21)10-23/h5-6,8,11,23H,2-4,7,9-10H2,1H3. The van der Waals surface area contributed by atoms with E-state index >= 15 is 0 Å². The van der Waals surface area contributed by atoms with E-state index in [2.05, 4.69) is 0 Å². The van der Waals surface area contributed by atoms with Gasteiger partial charge in [0, 0.05) is 36.8 Å². The first kappa shape index (κ1) is 18.2. The average molecular weight is 383 g/mol. The number of halogens is 2. The second-order valence-corrected chi connectivity index (χ2v) is 7.18. The number of rotatable bonds is 4. The van der Waals surface area contributed by atoms with E-state index in [1.54, 1.807) is 25.1 Å². The molecule has 0 radical (unpaired) electrons. The monoisotopic (exact) mass is 382 g/mol. The lowest BCUT2D eigenvalue weighted by atomic mass is 9.97. The molecule has 7 heteroatoms.